The van der Waals surface area contributed by atoms with Gasteiger partial charge in [0.2, 0.25) is 0 Å². The Morgan fingerprint density at radius 2 is 1.81 bits per heavy atom. The average Bonchev–Trinajstić information content (AvgIpc) is 2.43. The summed E-state index contributed by atoms with van der Waals surface area (Å²) in [5.74, 6) is -2.51. The molecule has 2 rings (SSSR count). The second-order valence-corrected chi connectivity index (χ2v) is 5.04. The molecule has 0 aliphatic carbocycles. The summed E-state index contributed by atoms with van der Waals surface area (Å²) in [6, 6.07) is 8.10. The van der Waals surface area contributed by atoms with Crippen molar-refractivity contribution in [3.05, 3.63) is 64.2 Å². The maximum absolute atomic E-state index is 13.6. The highest BCUT2D eigenvalue weighted by Gasteiger charge is 2.17. The van der Waals surface area contributed by atoms with Crippen molar-refractivity contribution in [3.8, 4) is 0 Å². The van der Waals surface area contributed by atoms with E-state index in [0.29, 0.717) is 11.1 Å². The largest absolute Gasteiger partial charge is 0.396 e. The van der Waals surface area contributed by atoms with Gasteiger partial charge >= 0.3 is 0 Å². The van der Waals surface area contributed by atoms with E-state index in [9.17, 15) is 13.6 Å². The fourth-order valence-electron chi connectivity index (χ4n) is 1.85. The number of anilines is 1. The van der Waals surface area contributed by atoms with E-state index < -0.39 is 17.5 Å². The summed E-state index contributed by atoms with van der Waals surface area (Å²) in [4.78, 5) is 12.0. The zero-order chi connectivity index (χ0) is 15.6. The molecular formula is C15H13ClF2N2O. The van der Waals surface area contributed by atoms with E-state index in [0.717, 1.165) is 11.6 Å². The molecule has 110 valence electrons. The predicted octanol–water partition coefficient (Wildman–Crippen LogP) is 3.69. The number of nitrogen functional groups attached to an aromatic ring is 1. The zero-order valence-electron chi connectivity index (χ0n) is 11.2. The Hall–Kier alpha value is -2.14. The van der Waals surface area contributed by atoms with Gasteiger partial charge in [-0.2, -0.15) is 0 Å². The molecular weight excluding hydrogens is 298 g/mol. The summed E-state index contributed by atoms with van der Waals surface area (Å²) in [6.07, 6.45) is 0. The zero-order valence-corrected chi connectivity index (χ0v) is 11.9. The minimum atomic E-state index is -0.956. The molecule has 0 radical (unpaired) electrons. The number of benzene rings is 2. The van der Waals surface area contributed by atoms with E-state index in [2.05, 4.69) is 5.32 Å². The van der Waals surface area contributed by atoms with Gasteiger partial charge in [-0.25, -0.2) is 8.78 Å². The van der Waals surface area contributed by atoms with E-state index in [1.807, 2.05) is 0 Å². The van der Waals surface area contributed by atoms with Crippen LogP contribution in [0.1, 0.15) is 28.9 Å². The minimum Gasteiger partial charge on any atom is -0.396 e. The molecule has 6 heteroatoms. The second kappa shape index (κ2) is 6.10. The number of hydrogen-bond acceptors (Lipinski definition) is 2. The van der Waals surface area contributed by atoms with Crippen LogP contribution in [0.5, 0.6) is 0 Å². The lowest BCUT2D eigenvalue weighted by molar-refractivity contribution is 0.0936. The van der Waals surface area contributed by atoms with Crippen molar-refractivity contribution < 1.29 is 13.6 Å². The van der Waals surface area contributed by atoms with E-state index in [1.165, 1.54) is 0 Å². The van der Waals surface area contributed by atoms with Crippen molar-refractivity contribution in [1.29, 1.82) is 0 Å². The highest BCUT2D eigenvalue weighted by molar-refractivity contribution is 6.30. The van der Waals surface area contributed by atoms with Crippen molar-refractivity contribution in [1.82, 2.24) is 5.32 Å². The minimum absolute atomic E-state index is 0.277. The molecule has 1 atom stereocenters. The van der Waals surface area contributed by atoms with Crippen LogP contribution in [0.15, 0.2) is 36.4 Å². The molecule has 0 spiro atoms. The molecule has 0 aliphatic heterocycles. The summed E-state index contributed by atoms with van der Waals surface area (Å²) in [5.41, 5.74) is 5.58. The van der Waals surface area contributed by atoms with Crippen LogP contribution in [0.25, 0.3) is 0 Å². The molecule has 3 nitrogen and oxygen atoms in total. The first kappa shape index (κ1) is 15.3. The Morgan fingerprint density at radius 1 is 1.19 bits per heavy atom. The van der Waals surface area contributed by atoms with Crippen molar-refractivity contribution >= 4 is 23.2 Å². The third-order valence-electron chi connectivity index (χ3n) is 3.05. The molecule has 0 aliphatic rings. The first-order valence-corrected chi connectivity index (χ1v) is 6.57. The number of amides is 1. The Balaban J connectivity index is 2.18. The van der Waals surface area contributed by atoms with E-state index in [1.54, 1.807) is 31.2 Å². The van der Waals surface area contributed by atoms with Gasteiger partial charge in [0.25, 0.3) is 5.91 Å². The van der Waals surface area contributed by atoms with Crippen molar-refractivity contribution in [2.45, 2.75) is 13.0 Å². The Bertz CT molecular complexity index is 674. The normalized spacial score (nSPS) is 12.0. The fourth-order valence-corrected chi connectivity index (χ4v) is 1.97. The SMILES string of the molecule is CC(NC(=O)c1cc(N)c(F)cc1F)c1ccc(Cl)cc1. The smallest absolute Gasteiger partial charge is 0.254 e. The molecule has 2 aromatic carbocycles. The van der Waals surface area contributed by atoms with Gasteiger partial charge < -0.3 is 11.1 Å². The lowest BCUT2D eigenvalue weighted by Gasteiger charge is -2.15. The van der Waals surface area contributed by atoms with Gasteiger partial charge in [0.15, 0.2) is 0 Å². The second-order valence-electron chi connectivity index (χ2n) is 4.60. The molecule has 1 amide bonds. The number of carbonyl (C=O) groups is 1. The molecule has 2 aromatic rings. The van der Waals surface area contributed by atoms with Crippen molar-refractivity contribution in [2.24, 2.45) is 0 Å². The van der Waals surface area contributed by atoms with Crippen molar-refractivity contribution in [3.63, 3.8) is 0 Å². The fraction of sp³-hybridized carbons (Fsp3) is 0.133. The maximum atomic E-state index is 13.6. The quantitative estimate of drug-likeness (QED) is 0.849. The molecule has 0 bridgehead atoms. The highest BCUT2D eigenvalue weighted by atomic mass is 35.5. The summed E-state index contributed by atoms with van der Waals surface area (Å²) in [5, 5.41) is 3.20. The van der Waals surface area contributed by atoms with Gasteiger partial charge in [-0.3, -0.25) is 4.79 Å². The maximum Gasteiger partial charge on any atom is 0.254 e. The number of rotatable bonds is 3. The monoisotopic (exact) mass is 310 g/mol. The van der Waals surface area contributed by atoms with Crippen LogP contribution in [0.3, 0.4) is 0 Å². The van der Waals surface area contributed by atoms with Crippen LogP contribution in [-0.2, 0) is 0 Å². The van der Waals surface area contributed by atoms with Crippen LogP contribution >= 0.6 is 11.6 Å². The van der Waals surface area contributed by atoms with Gasteiger partial charge in [0, 0.05) is 11.1 Å². The van der Waals surface area contributed by atoms with Gasteiger partial charge in [0.05, 0.1) is 17.3 Å². The third kappa shape index (κ3) is 3.49. The number of nitrogens with two attached hydrogens (primary N) is 1. The molecule has 3 N–H and O–H groups in total. The number of nitrogens with one attached hydrogen (secondary N) is 1. The van der Waals surface area contributed by atoms with Crippen LogP contribution in [0.2, 0.25) is 5.02 Å². The molecule has 0 heterocycles. The molecule has 21 heavy (non-hydrogen) atoms. The molecule has 0 fully saturated rings. The Kier molecular flexibility index (Phi) is 4.43. The van der Waals surface area contributed by atoms with Gasteiger partial charge in [-0.1, -0.05) is 23.7 Å². The van der Waals surface area contributed by atoms with E-state index in [4.69, 9.17) is 17.3 Å². The summed E-state index contributed by atoms with van der Waals surface area (Å²) < 4.78 is 26.7. The standard InChI is InChI=1S/C15H13ClF2N2O/c1-8(9-2-4-10(16)5-3-9)20-15(21)11-6-14(19)13(18)7-12(11)17/h2-8H,19H2,1H3,(H,20,21). The van der Waals surface area contributed by atoms with Crippen LogP contribution in [0.4, 0.5) is 14.5 Å². The molecule has 0 aromatic heterocycles. The van der Waals surface area contributed by atoms with E-state index >= 15 is 0 Å². The Labute approximate surface area is 125 Å². The van der Waals surface area contributed by atoms with Crippen LogP contribution in [0, 0.1) is 11.6 Å². The lowest BCUT2D eigenvalue weighted by Crippen LogP contribution is -2.27. The number of hydrogen-bond donors (Lipinski definition) is 2. The number of carbonyl (C=O) groups excluding carboxylic acids is 1. The van der Waals surface area contributed by atoms with Gasteiger partial charge in [-0.15, -0.1) is 0 Å². The summed E-state index contributed by atoms with van der Waals surface area (Å²) in [6.45, 7) is 1.74. The first-order valence-electron chi connectivity index (χ1n) is 6.19. The molecule has 1 unspecified atom stereocenters. The predicted molar refractivity (Wildman–Crippen MR) is 78.1 cm³/mol. The van der Waals surface area contributed by atoms with Gasteiger partial charge in [0.1, 0.15) is 11.6 Å². The van der Waals surface area contributed by atoms with Gasteiger partial charge in [-0.05, 0) is 30.7 Å². The third-order valence-corrected chi connectivity index (χ3v) is 3.30. The molecule has 0 saturated heterocycles. The highest BCUT2D eigenvalue weighted by Crippen LogP contribution is 2.19. The van der Waals surface area contributed by atoms with E-state index in [-0.39, 0.29) is 17.3 Å². The van der Waals surface area contributed by atoms with Crippen LogP contribution < -0.4 is 11.1 Å². The Morgan fingerprint density at radius 3 is 2.43 bits per heavy atom. The number of halogens is 3. The average molecular weight is 311 g/mol. The van der Waals surface area contributed by atoms with Crippen molar-refractivity contribution in [2.75, 3.05) is 5.73 Å². The topological polar surface area (TPSA) is 55.1 Å². The molecule has 0 saturated carbocycles. The summed E-state index contributed by atoms with van der Waals surface area (Å²) in [7, 11) is 0. The first-order chi connectivity index (χ1) is 9.88. The van der Waals surface area contributed by atoms with Crippen LogP contribution in [-0.4, -0.2) is 5.91 Å². The summed E-state index contributed by atoms with van der Waals surface area (Å²) >= 11 is 5.78. The lowest BCUT2D eigenvalue weighted by atomic mass is 10.1.